The van der Waals surface area contributed by atoms with Gasteiger partial charge in [0, 0.05) is 12.3 Å². The monoisotopic (exact) mass is 172 g/mol. The Balaban J connectivity index is 3.67. The lowest BCUT2D eigenvalue weighted by atomic mass is 9.97. The van der Waals surface area contributed by atoms with E-state index in [0.717, 1.165) is 19.3 Å². The summed E-state index contributed by atoms with van der Waals surface area (Å²) in [6.07, 6.45) is 2.47. The van der Waals surface area contributed by atoms with Crippen LogP contribution in [0.3, 0.4) is 0 Å². The first-order chi connectivity index (χ1) is 5.61. The van der Waals surface area contributed by atoms with E-state index in [9.17, 15) is 9.90 Å². The Morgan fingerprint density at radius 1 is 1.42 bits per heavy atom. The Bertz CT molecular complexity index is 132. The summed E-state index contributed by atoms with van der Waals surface area (Å²) in [6, 6.07) is 0. The van der Waals surface area contributed by atoms with Gasteiger partial charge in [0.1, 0.15) is 5.78 Å². The van der Waals surface area contributed by atoms with Crippen molar-refractivity contribution in [2.75, 3.05) is 0 Å². The molecule has 0 saturated carbocycles. The predicted octanol–water partition coefficient (Wildman–Crippen LogP) is 2.15. The second kappa shape index (κ2) is 6.18. The minimum atomic E-state index is -0.420. The molecule has 0 bridgehead atoms. The molecule has 2 nitrogen and oxygen atoms in total. The van der Waals surface area contributed by atoms with Crippen molar-refractivity contribution in [3.63, 3.8) is 0 Å². The summed E-state index contributed by atoms with van der Waals surface area (Å²) in [5.41, 5.74) is 0. The first-order valence-corrected chi connectivity index (χ1v) is 4.82. The Morgan fingerprint density at radius 2 is 2.00 bits per heavy atom. The smallest absolute Gasteiger partial charge is 0.138 e. The van der Waals surface area contributed by atoms with Gasteiger partial charge < -0.3 is 5.11 Å². The molecular formula is C10H20O2. The standard InChI is InChI=1S/C10H20O2/c1-4-6-9(11)7-10(12)8(3)5-2/h8-9,11H,4-7H2,1-3H3. The molecule has 12 heavy (non-hydrogen) atoms. The summed E-state index contributed by atoms with van der Waals surface area (Å²) >= 11 is 0. The van der Waals surface area contributed by atoms with Gasteiger partial charge in [0.05, 0.1) is 6.10 Å². The Hall–Kier alpha value is -0.370. The number of ketones is 1. The minimum absolute atomic E-state index is 0.108. The van der Waals surface area contributed by atoms with Gasteiger partial charge in [0.25, 0.3) is 0 Å². The highest BCUT2D eigenvalue weighted by molar-refractivity contribution is 5.80. The molecule has 0 saturated heterocycles. The van der Waals surface area contributed by atoms with E-state index in [1.54, 1.807) is 0 Å². The fraction of sp³-hybridized carbons (Fsp3) is 0.900. The van der Waals surface area contributed by atoms with Crippen molar-refractivity contribution in [2.45, 2.75) is 52.6 Å². The maximum Gasteiger partial charge on any atom is 0.138 e. The lowest BCUT2D eigenvalue weighted by Crippen LogP contribution is -2.18. The van der Waals surface area contributed by atoms with Gasteiger partial charge in [-0.2, -0.15) is 0 Å². The molecule has 0 aromatic rings. The van der Waals surface area contributed by atoms with Crippen molar-refractivity contribution < 1.29 is 9.90 Å². The Kier molecular flexibility index (Phi) is 5.99. The summed E-state index contributed by atoms with van der Waals surface area (Å²) in [6.45, 7) is 5.92. The molecule has 0 radical (unpaired) electrons. The molecule has 1 N–H and O–H groups in total. The molecule has 2 heteroatoms. The molecule has 0 aliphatic carbocycles. The molecule has 0 aromatic carbocycles. The number of carbonyl (C=O) groups excluding carboxylic acids is 1. The lowest BCUT2D eigenvalue weighted by molar-refractivity contribution is -0.124. The van der Waals surface area contributed by atoms with Gasteiger partial charge >= 0.3 is 0 Å². The summed E-state index contributed by atoms with van der Waals surface area (Å²) in [7, 11) is 0. The fourth-order valence-corrected chi connectivity index (χ4v) is 1.10. The fourth-order valence-electron chi connectivity index (χ4n) is 1.10. The molecule has 0 heterocycles. The summed E-state index contributed by atoms with van der Waals surface area (Å²) in [4.78, 5) is 11.3. The van der Waals surface area contributed by atoms with Crippen molar-refractivity contribution in [3.05, 3.63) is 0 Å². The van der Waals surface area contributed by atoms with Crippen LogP contribution in [0.5, 0.6) is 0 Å². The van der Waals surface area contributed by atoms with E-state index in [4.69, 9.17) is 0 Å². The highest BCUT2D eigenvalue weighted by atomic mass is 16.3. The number of hydrogen-bond donors (Lipinski definition) is 1. The molecule has 72 valence electrons. The van der Waals surface area contributed by atoms with Crippen LogP contribution in [0.2, 0.25) is 0 Å². The van der Waals surface area contributed by atoms with Gasteiger partial charge in [-0.05, 0) is 12.8 Å². The SMILES string of the molecule is CCCC(O)CC(=O)C(C)CC. The van der Waals surface area contributed by atoms with Crippen molar-refractivity contribution >= 4 is 5.78 Å². The van der Waals surface area contributed by atoms with Crippen LogP contribution in [0, 0.1) is 5.92 Å². The van der Waals surface area contributed by atoms with E-state index >= 15 is 0 Å². The van der Waals surface area contributed by atoms with Crippen LogP contribution >= 0.6 is 0 Å². The number of Topliss-reactive ketones (excluding diaryl/α,β-unsaturated/α-hetero) is 1. The van der Waals surface area contributed by atoms with E-state index < -0.39 is 6.10 Å². The van der Waals surface area contributed by atoms with Gasteiger partial charge in [0.15, 0.2) is 0 Å². The van der Waals surface area contributed by atoms with Crippen LogP contribution in [-0.4, -0.2) is 17.0 Å². The first kappa shape index (κ1) is 11.6. The second-order valence-corrected chi connectivity index (χ2v) is 3.42. The van der Waals surface area contributed by atoms with E-state index in [2.05, 4.69) is 0 Å². The van der Waals surface area contributed by atoms with Gasteiger partial charge in [-0.3, -0.25) is 4.79 Å². The number of rotatable bonds is 6. The third-order valence-electron chi connectivity index (χ3n) is 2.22. The summed E-state index contributed by atoms with van der Waals surface area (Å²) in [5, 5.41) is 9.34. The van der Waals surface area contributed by atoms with Gasteiger partial charge in [-0.25, -0.2) is 0 Å². The molecule has 0 aliphatic heterocycles. The number of hydrogen-bond acceptors (Lipinski definition) is 2. The highest BCUT2D eigenvalue weighted by Gasteiger charge is 2.14. The summed E-state index contributed by atoms with van der Waals surface area (Å²) in [5.74, 6) is 0.301. The number of aliphatic hydroxyl groups is 1. The normalized spacial score (nSPS) is 15.7. The minimum Gasteiger partial charge on any atom is -0.393 e. The van der Waals surface area contributed by atoms with Crippen LogP contribution in [0.25, 0.3) is 0 Å². The molecule has 2 unspecified atom stereocenters. The van der Waals surface area contributed by atoms with Crippen molar-refractivity contribution in [3.8, 4) is 0 Å². The number of carbonyl (C=O) groups is 1. The summed E-state index contributed by atoms with van der Waals surface area (Å²) < 4.78 is 0. The van der Waals surface area contributed by atoms with Gasteiger partial charge in [-0.1, -0.05) is 27.2 Å². The van der Waals surface area contributed by atoms with Gasteiger partial charge in [-0.15, -0.1) is 0 Å². The Morgan fingerprint density at radius 3 is 2.42 bits per heavy atom. The van der Waals surface area contributed by atoms with E-state index in [1.165, 1.54) is 0 Å². The quantitative estimate of drug-likeness (QED) is 0.666. The molecular weight excluding hydrogens is 152 g/mol. The zero-order chi connectivity index (χ0) is 9.56. The van der Waals surface area contributed by atoms with Crippen LogP contribution in [0.15, 0.2) is 0 Å². The van der Waals surface area contributed by atoms with E-state index in [1.807, 2.05) is 20.8 Å². The predicted molar refractivity (Wildman–Crippen MR) is 50.0 cm³/mol. The molecule has 0 aliphatic rings. The van der Waals surface area contributed by atoms with Crippen molar-refractivity contribution in [1.82, 2.24) is 0 Å². The maximum atomic E-state index is 11.3. The van der Waals surface area contributed by atoms with Crippen LogP contribution in [0.1, 0.15) is 46.5 Å². The van der Waals surface area contributed by atoms with Crippen LogP contribution in [-0.2, 0) is 4.79 Å². The molecule has 0 fully saturated rings. The molecule has 0 rings (SSSR count). The molecule has 0 amide bonds. The zero-order valence-corrected chi connectivity index (χ0v) is 8.34. The largest absolute Gasteiger partial charge is 0.393 e. The Labute approximate surface area is 75.0 Å². The number of aliphatic hydroxyl groups excluding tert-OH is 1. The van der Waals surface area contributed by atoms with Crippen LogP contribution in [0.4, 0.5) is 0 Å². The van der Waals surface area contributed by atoms with E-state index in [0.29, 0.717) is 6.42 Å². The average molecular weight is 172 g/mol. The van der Waals surface area contributed by atoms with Crippen molar-refractivity contribution in [2.24, 2.45) is 5.92 Å². The van der Waals surface area contributed by atoms with Crippen LogP contribution < -0.4 is 0 Å². The van der Waals surface area contributed by atoms with Gasteiger partial charge in [0.2, 0.25) is 0 Å². The van der Waals surface area contributed by atoms with E-state index in [-0.39, 0.29) is 11.7 Å². The molecule has 0 aromatic heterocycles. The average Bonchev–Trinajstić information content (AvgIpc) is 2.03. The first-order valence-electron chi connectivity index (χ1n) is 4.82. The third-order valence-corrected chi connectivity index (χ3v) is 2.22. The topological polar surface area (TPSA) is 37.3 Å². The third kappa shape index (κ3) is 4.50. The maximum absolute atomic E-state index is 11.3. The highest BCUT2D eigenvalue weighted by Crippen LogP contribution is 2.09. The molecule has 2 atom stereocenters. The zero-order valence-electron chi connectivity index (χ0n) is 8.34. The lowest BCUT2D eigenvalue weighted by Gasteiger charge is -2.11. The second-order valence-electron chi connectivity index (χ2n) is 3.42. The van der Waals surface area contributed by atoms with Crippen molar-refractivity contribution in [1.29, 1.82) is 0 Å². The molecule has 0 spiro atoms.